The van der Waals surface area contributed by atoms with Gasteiger partial charge in [0.25, 0.3) is 0 Å². The molecule has 0 radical (unpaired) electrons. The Hall–Kier alpha value is -4.20. The standard InChI is InChI=1S/C22H31N5O9/c1-11(25-20(33)14(23)10-12-2-4-13(28)5-3-12)19(32)26-15(7-9-18(30)31)21(34)27-16(22(35)36)6-8-17(24)29/h2-5,11,14-16,28H,6-10,23H2,1H3,(H2,24,29)(H,25,33)(H,26,32)(H,27,34)(H,30,31)(H,35,36). The fourth-order valence-corrected chi connectivity index (χ4v) is 3.01. The van der Waals surface area contributed by atoms with Crippen LogP contribution in [0.1, 0.15) is 38.2 Å². The van der Waals surface area contributed by atoms with Crippen LogP contribution in [0.3, 0.4) is 0 Å². The van der Waals surface area contributed by atoms with Crippen LogP contribution in [0.25, 0.3) is 0 Å². The van der Waals surface area contributed by atoms with Crippen LogP contribution in [0.2, 0.25) is 0 Å². The number of benzene rings is 1. The Labute approximate surface area is 206 Å². The minimum atomic E-state index is -1.50. The van der Waals surface area contributed by atoms with E-state index in [0.717, 1.165) is 0 Å². The van der Waals surface area contributed by atoms with Gasteiger partial charge in [0.1, 0.15) is 23.9 Å². The van der Waals surface area contributed by atoms with Crippen LogP contribution in [0.15, 0.2) is 24.3 Å². The highest BCUT2D eigenvalue weighted by Gasteiger charge is 2.29. The van der Waals surface area contributed by atoms with Gasteiger partial charge in [0.05, 0.1) is 6.04 Å². The second-order valence-electron chi connectivity index (χ2n) is 8.11. The molecule has 1 aromatic rings. The van der Waals surface area contributed by atoms with Gasteiger partial charge >= 0.3 is 11.9 Å². The summed E-state index contributed by atoms with van der Waals surface area (Å²) in [6, 6.07) is 0.891. The molecule has 0 heterocycles. The molecular formula is C22H31N5O9. The molecule has 0 bridgehead atoms. The Bertz CT molecular complexity index is 967. The van der Waals surface area contributed by atoms with Crippen molar-refractivity contribution in [3.63, 3.8) is 0 Å². The summed E-state index contributed by atoms with van der Waals surface area (Å²) < 4.78 is 0. The SMILES string of the molecule is CC(NC(=O)C(N)Cc1ccc(O)cc1)C(=O)NC(CCC(=O)O)C(=O)NC(CCC(N)=O)C(=O)O. The average Bonchev–Trinajstić information content (AvgIpc) is 2.79. The predicted molar refractivity (Wildman–Crippen MR) is 124 cm³/mol. The van der Waals surface area contributed by atoms with Crippen LogP contribution in [-0.2, 0) is 35.2 Å². The summed E-state index contributed by atoms with van der Waals surface area (Å²) in [4.78, 5) is 70.9. The zero-order chi connectivity index (χ0) is 27.4. The third kappa shape index (κ3) is 10.8. The molecule has 0 aromatic heterocycles. The van der Waals surface area contributed by atoms with Gasteiger partial charge in [-0.05, 0) is 43.9 Å². The Kier molecular flexibility index (Phi) is 11.8. The van der Waals surface area contributed by atoms with E-state index in [1.807, 2.05) is 0 Å². The number of hydrogen-bond donors (Lipinski definition) is 8. The van der Waals surface area contributed by atoms with Crippen molar-refractivity contribution in [1.29, 1.82) is 0 Å². The number of aromatic hydroxyl groups is 1. The van der Waals surface area contributed by atoms with Crippen molar-refractivity contribution in [3.8, 4) is 5.75 Å². The van der Waals surface area contributed by atoms with Gasteiger partial charge in [-0.2, -0.15) is 0 Å². The molecule has 1 rings (SSSR count). The number of hydrogen-bond acceptors (Lipinski definition) is 8. The number of carboxylic acid groups (broad SMARTS) is 2. The van der Waals surface area contributed by atoms with Crippen molar-refractivity contribution in [2.45, 2.75) is 63.2 Å². The summed E-state index contributed by atoms with van der Waals surface area (Å²) in [6.07, 6.45) is -1.39. The maximum atomic E-state index is 12.6. The van der Waals surface area contributed by atoms with Crippen LogP contribution in [-0.4, -0.2) is 75.1 Å². The van der Waals surface area contributed by atoms with Crippen molar-refractivity contribution < 1.29 is 44.1 Å². The third-order valence-corrected chi connectivity index (χ3v) is 5.05. The molecule has 0 saturated carbocycles. The number of phenols is 1. The number of nitrogens with one attached hydrogen (secondary N) is 3. The van der Waals surface area contributed by atoms with E-state index in [1.54, 1.807) is 12.1 Å². The molecule has 0 aliphatic rings. The first-order chi connectivity index (χ1) is 16.8. The molecule has 0 aliphatic carbocycles. The molecule has 10 N–H and O–H groups in total. The smallest absolute Gasteiger partial charge is 0.326 e. The number of carbonyl (C=O) groups is 6. The minimum absolute atomic E-state index is 0.0473. The molecule has 0 saturated heterocycles. The fourth-order valence-electron chi connectivity index (χ4n) is 3.01. The second kappa shape index (κ2) is 14.3. The van der Waals surface area contributed by atoms with E-state index < -0.39 is 66.2 Å². The molecule has 36 heavy (non-hydrogen) atoms. The lowest BCUT2D eigenvalue weighted by Crippen LogP contribution is -2.56. The van der Waals surface area contributed by atoms with Gasteiger partial charge in [-0.25, -0.2) is 4.79 Å². The number of amides is 4. The molecule has 0 fully saturated rings. The van der Waals surface area contributed by atoms with E-state index in [1.165, 1.54) is 19.1 Å². The molecule has 0 aliphatic heterocycles. The predicted octanol–water partition coefficient (Wildman–Crippen LogP) is -2.05. The molecule has 4 unspecified atom stereocenters. The fraction of sp³-hybridized carbons (Fsp3) is 0.455. The summed E-state index contributed by atoms with van der Waals surface area (Å²) in [5, 5.41) is 34.4. The van der Waals surface area contributed by atoms with E-state index in [0.29, 0.717) is 5.56 Å². The van der Waals surface area contributed by atoms with Crippen LogP contribution >= 0.6 is 0 Å². The van der Waals surface area contributed by atoms with E-state index in [4.69, 9.17) is 16.6 Å². The lowest BCUT2D eigenvalue weighted by molar-refractivity contribution is -0.143. The molecule has 1 aromatic carbocycles. The second-order valence-corrected chi connectivity index (χ2v) is 8.11. The quantitative estimate of drug-likeness (QED) is 0.128. The Morgan fingerprint density at radius 1 is 0.833 bits per heavy atom. The van der Waals surface area contributed by atoms with E-state index >= 15 is 0 Å². The summed E-state index contributed by atoms with van der Waals surface area (Å²) in [6.45, 7) is 1.32. The lowest BCUT2D eigenvalue weighted by Gasteiger charge is -2.23. The first-order valence-corrected chi connectivity index (χ1v) is 11.0. The van der Waals surface area contributed by atoms with Crippen LogP contribution in [0.4, 0.5) is 0 Å². The van der Waals surface area contributed by atoms with Crippen molar-refractivity contribution in [2.75, 3.05) is 0 Å². The molecule has 4 atom stereocenters. The first kappa shape index (κ1) is 29.8. The number of phenolic OH excluding ortho intramolecular Hbond substituents is 1. The van der Waals surface area contributed by atoms with E-state index in [9.17, 15) is 39.0 Å². The summed E-state index contributed by atoms with van der Waals surface area (Å²) in [7, 11) is 0. The highest BCUT2D eigenvalue weighted by atomic mass is 16.4. The van der Waals surface area contributed by atoms with Crippen LogP contribution < -0.4 is 27.4 Å². The van der Waals surface area contributed by atoms with Gasteiger partial charge in [-0.3, -0.25) is 24.0 Å². The highest BCUT2D eigenvalue weighted by Crippen LogP contribution is 2.11. The average molecular weight is 510 g/mol. The topological polar surface area (TPSA) is 251 Å². The van der Waals surface area contributed by atoms with Crippen molar-refractivity contribution >= 4 is 35.6 Å². The number of aliphatic carboxylic acids is 2. The maximum absolute atomic E-state index is 12.6. The van der Waals surface area contributed by atoms with Crippen molar-refractivity contribution in [1.82, 2.24) is 16.0 Å². The van der Waals surface area contributed by atoms with Crippen molar-refractivity contribution in [3.05, 3.63) is 29.8 Å². The number of rotatable bonds is 15. The largest absolute Gasteiger partial charge is 0.508 e. The zero-order valence-electron chi connectivity index (χ0n) is 19.6. The minimum Gasteiger partial charge on any atom is -0.508 e. The highest BCUT2D eigenvalue weighted by molar-refractivity contribution is 5.94. The monoisotopic (exact) mass is 509 g/mol. The number of nitrogens with two attached hydrogens (primary N) is 2. The molecule has 0 spiro atoms. The summed E-state index contributed by atoms with van der Waals surface area (Å²) in [5.74, 6) is -5.93. The van der Waals surface area contributed by atoms with E-state index in [2.05, 4.69) is 16.0 Å². The summed E-state index contributed by atoms with van der Waals surface area (Å²) >= 11 is 0. The van der Waals surface area contributed by atoms with Crippen LogP contribution in [0.5, 0.6) is 5.75 Å². The normalized spacial score (nSPS) is 13.9. The van der Waals surface area contributed by atoms with Gasteiger partial charge < -0.3 is 42.7 Å². The molecule has 4 amide bonds. The molecular weight excluding hydrogens is 478 g/mol. The lowest BCUT2D eigenvalue weighted by atomic mass is 10.1. The van der Waals surface area contributed by atoms with Gasteiger partial charge in [-0.15, -0.1) is 0 Å². The van der Waals surface area contributed by atoms with Crippen LogP contribution in [0, 0.1) is 0 Å². The zero-order valence-corrected chi connectivity index (χ0v) is 19.6. The molecule has 198 valence electrons. The molecule has 14 nitrogen and oxygen atoms in total. The van der Waals surface area contributed by atoms with Crippen molar-refractivity contribution in [2.24, 2.45) is 11.5 Å². The summed E-state index contributed by atoms with van der Waals surface area (Å²) in [5.41, 5.74) is 11.5. The maximum Gasteiger partial charge on any atom is 0.326 e. The number of carbonyl (C=O) groups excluding carboxylic acids is 4. The number of primary amides is 1. The van der Waals surface area contributed by atoms with Gasteiger partial charge in [0, 0.05) is 12.8 Å². The Morgan fingerprint density at radius 3 is 1.92 bits per heavy atom. The van der Waals surface area contributed by atoms with Gasteiger partial charge in [0.15, 0.2) is 0 Å². The third-order valence-electron chi connectivity index (χ3n) is 5.05. The first-order valence-electron chi connectivity index (χ1n) is 11.0. The Morgan fingerprint density at radius 2 is 1.39 bits per heavy atom. The van der Waals surface area contributed by atoms with Gasteiger partial charge in [-0.1, -0.05) is 12.1 Å². The molecule has 14 heteroatoms. The van der Waals surface area contributed by atoms with E-state index in [-0.39, 0.29) is 31.4 Å². The Balaban J connectivity index is 2.79. The van der Waals surface area contributed by atoms with Gasteiger partial charge in [0.2, 0.25) is 23.6 Å². The number of carboxylic acids is 2.